The standard InChI is InChI=1S/C26H26N8O/c1-16-4-8-28-12-21(16)19-10-20-13-32(9-5-22(20)29-11-19)23-17(2)18(3)34-24(30-23)31-33(25(34)35)15-26(14-27)6-7-26/h4,8,10-12H,5-7,9,13,15H2,1-3H3. The van der Waals surface area contributed by atoms with Crippen molar-refractivity contribution in [1.29, 1.82) is 5.26 Å². The van der Waals surface area contributed by atoms with Gasteiger partial charge in [0, 0.05) is 66.2 Å². The SMILES string of the molecule is Cc1ccncc1-c1cnc2c(c1)CN(c1nc3nn(CC4(C#N)CC4)c(=O)n3c(C)c1C)CC2. The zero-order chi connectivity index (χ0) is 24.3. The minimum atomic E-state index is -0.457. The molecule has 0 bridgehead atoms. The maximum atomic E-state index is 13.1. The van der Waals surface area contributed by atoms with E-state index >= 15 is 0 Å². The molecule has 0 N–H and O–H groups in total. The van der Waals surface area contributed by atoms with Crippen molar-refractivity contribution in [3.8, 4) is 17.2 Å². The minimum absolute atomic E-state index is 0.231. The monoisotopic (exact) mass is 466 g/mol. The van der Waals surface area contributed by atoms with Crippen LogP contribution in [0.2, 0.25) is 0 Å². The van der Waals surface area contributed by atoms with Gasteiger partial charge in [0.1, 0.15) is 5.82 Å². The smallest absolute Gasteiger partial charge is 0.351 e. The molecule has 0 amide bonds. The van der Waals surface area contributed by atoms with E-state index < -0.39 is 5.41 Å². The molecule has 0 aromatic carbocycles. The second-order valence-electron chi connectivity index (χ2n) is 9.81. The molecule has 9 heteroatoms. The van der Waals surface area contributed by atoms with E-state index in [4.69, 9.17) is 9.97 Å². The number of hydrogen-bond donors (Lipinski definition) is 0. The van der Waals surface area contributed by atoms with Gasteiger partial charge in [0.15, 0.2) is 0 Å². The number of hydrogen-bond acceptors (Lipinski definition) is 7. The maximum Gasteiger partial charge on any atom is 0.351 e. The lowest BCUT2D eigenvalue weighted by Gasteiger charge is -2.31. The normalized spacial score (nSPS) is 16.2. The number of fused-ring (bicyclic) bond motifs is 2. The van der Waals surface area contributed by atoms with E-state index in [0.29, 0.717) is 18.9 Å². The van der Waals surface area contributed by atoms with Gasteiger partial charge in [-0.1, -0.05) is 0 Å². The number of aryl methyl sites for hydroxylation is 2. The maximum absolute atomic E-state index is 13.1. The van der Waals surface area contributed by atoms with Crippen molar-refractivity contribution in [1.82, 2.24) is 29.1 Å². The van der Waals surface area contributed by atoms with E-state index in [1.807, 2.05) is 32.3 Å². The summed E-state index contributed by atoms with van der Waals surface area (Å²) in [4.78, 5) is 29.2. The van der Waals surface area contributed by atoms with Gasteiger partial charge in [0.05, 0.1) is 18.0 Å². The predicted octanol–water partition coefficient (Wildman–Crippen LogP) is 3.14. The molecular weight excluding hydrogens is 440 g/mol. The third-order valence-corrected chi connectivity index (χ3v) is 7.47. The number of nitriles is 1. The molecule has 0 radical (unpaired) electrons. The quantitative estimate of drug-likeness (QED) is 0.455. The fraction of sp³-hybridized carbons (Fsp3) is 0.385. The Kier molecular flexibility index (Phi) is 4.74. The van der Waals surface area contributed by atoms with E-state index in [2.05, 4.69) is 34.0 Å². The van der Waals surface area contributed by atoms with Crippen molar-refractivity contribution < 1.29 is 0 Å². The largest absolute Gasteiger partial charge is 0.351 e. The fourth-order valence-corrected chi connectivity index (χ4v) is 4.94. The average molecular weight is 467 g/mol. The number of nitrogens with zero attached hydrogens (tertiary/aromatic N) is 8. The summed E-state index contributed by atoms with van der Waals surface area (Å²) in [6.07, 6.45) is 8.06. The topological polar surface area (TPSA) is 105 Å². The summed E-state index contributed by atoms with van der Waals surface area (Å²) in [6.45, 7) is 7.80. The van der Waals surface area contributed by atoms with Gasteiger partial charge in [-0.25, -0.2) is 13.9 Å². The van der Waals surface area contributed by atoms with Gasteiger partial charge in [0.25, 0.3) is 5.78 Å². The molecule has 0 unspecified atom stereocenters. The summed E-state index contributed by atoms with van der Waals surface area (Å²) in [7, 11) is 0. The van der Waals surface area contributed by atoms with Gasteiger partial charge < -0.3 is 4.90 Å². The van der Waals surface area contributed by atoms with Crippen LogP contribution in [0.3, 0.4) is 0 Å². The highest BCUT2D eigenvalue weighted by molar-refractivity contribution is 5.66. The summed E-state index contributed by atoms with van der Waals surface area (Å²) in [5, 5.41) is 14.0. The molecule has 176 valence electrons. The Morgan fingerprint density at radius 3 is 2.77 bits per heavy atom. The van der Waals surface area contributed by atoms with Crippen LogP contribution < -0.4 is 10.6 Å². The minimum Gasteiger partial charge on any atom is -0.351 e. The van der Waals surface area contributed by atoms with Crippen LogP contribution in [0.25, 0.3) is 16.9 Å². The van der Waals surface area contributed by atoms with Crippen LogP contribution in [0.5, 0.6) is 0 Å². The highest BCUT2D eigenvalue weighted by Crippen LogP contribution is 2.46. The van der Waals surface area contributed by atoms with Gasteiger partial charge in [-0.15, -0.1) is 5.10 Å². The zero-order valence-electron chi connectivity index (χ0n) is 20.1. The second-order valence-corrected chi connectivity index (χ2v) is 9.81. The van der Waals surface area contributed by atoms with E-state index in [9.17, 15) is 10.1 Å². The molecule has 2 aliphatic rings. The molecule has 4 aromatic heterocycles. The first-order valence-electron chi connectivity index (χ1n) is 11.9. The van der Waals surface area contributed by atoms with Gasteiger partial charge in [-0.3, -0.25) is 9.97 Å². The molecule has 6 rings (SSSR count). The zero-order valence-corrected chi connectivity index (χ0v) is 20.1. The Morgan fingerprint density at radius 1 is 1.20 bits per heavy atom. The lowest BCUT2D eigenvalue weighted by molar-refractivity contribution is 0.472. The Hall–Kier alpha value is -4.06. The van der Waals surface area contributed by atoms with Crippen LogP contribution in [-0.4, -0.2) is 35.7 Å². The third kappa shape index (κ3) is 3.48. The molecule has 0 atom stereocenters. The molecule has 1 aliphatic heterocycles. The van der Waals surface area contributed by atoms with Gasteiger partial charge in [-0.2, -0.15) is 10.2 Å². The lowest BCUT2D eigenvalue weighted by Crippen LogP contribution is -2.33. The van der Waals surface area contributed by atoms with Crippen molar-refractivity contribution in [3.05, 3.63) is 69.3 Å². The van der Waals surface area contributed by atoms with Crippen LogP contribution in [0.1, 0.15) is 40.9 Å². The average Bonchev–Trinajstić information content (AvgIpc) is 3.58. The summed E-state index contributed by atoms with van der Waals surface area (Å²) >= 11 is 0. The third-order valence-electron chi connectivity index (χ3n) is 7.47. The summed E-state index contributed by atoms with van der Waals surface area (Å²) in [5.74, 6) is 1.22. The Balaban J connectivity index is 1.37. The van der Waals surface area contributed by atoms with Crippen molar-refractivity contribution in [2.75, 3.05) is 11.4 Å². The fourth-order valence-electron chi connectivity index (χ4n) is 4.94. The van der Waals surface area contributed by atoms with Crippen molar-refractivity contribution in [2.24, 2.45) is 5.41 Å². The van der Waals surface area contributed by atoms with E-state index in [-0.39, 0.29) is 5.69 Å². The van der Waals surface area contributed by atoms with Crippen LogP contribution in [0, 0.1) is 37.5 Å². The predicted molar refractivity (Wildman–Crippen MR) is 131 cm³/mol. The van der Waals surface area contributed by atoms with Crippen LogP contribution in [0.4, 0.5) is 5.82 Å². The summed E-state index contributed by atoms with van der Waals surface area (Å²) < 4.78 is 2.97. The molecule has 9 nitrogen and oxygen atoms in total. The highest BCUT2D eigenvalue weighted by atomic mass is 16.2. The first kappa shape index (κ1) is 21.5. The molecule has 1 fully saturated rings. The molecule has 1 saturated carbocycles. The van der Waals surface area contributed by atoms with Crippen LogP contribution in [-0.2, 0) is 19.5 Å². The number of aromatic nitrogens is 6. The van der Waals surface area contributed by atoms with Crippen molar-refractivity contribution in [3.63, 3.8) is 0 Å². The molecule has 35 heavy (non-hydrogen) atoms. The molecular formula is C26H26N8O. The van der Waals surface area contributed by atoms with Crippen LogP contribution in [0.15, 0.2) is 35.5 Å². The Bertz CT molecular complexity index is 1590. The summed E-state index contributed by atoms with van der Waals surface area (Å²) in [6, 6.07) is 6.56. The Morgan fingerprint density at radius 2 is 2.03 bits per heavy atom. The van der Waals surface area contributed by atoms with Crippen molar-refractivity contribution >= 4 is 11.6 Å². The molecule has 0 spiro atoms. The molecule has 4 aromatic rings. The Labute approximate surface area is 202 Å². The van der Waals surface area contributed by atoms with Crippen LogP contribution >= 0.6 is 0 Å². The first-order valence-corrected chi connectivity index (χ1v) is 11.9. The van der Waals surface area contributed by atoms with E-state index in [0.717, 1.165) is 59.7 Å². The number of rotatable bonds is 4. The first-order chi connectivity index (χ1) is 16.9. The lowest BCUT2D eigenvalue weighted by atomic mass is 9.99. The molecule has 0 saturated heterocycles. The number of anilines is 1. The molecule has 5 heterocycles. The van der Waals surface area contributed by atoms with Crippen molar-refractivity contribution in [2.45, 2.75) is 53.1 Å². The summed E-state index contributed by atoms with van der Waals surface area (Å²) in [5.41, 5.74) is 6.68. The molecule has 1 aliphatic carbocycles. The van der Waals surface area contributed by atoms with Gasteiger partial charge in [-0.05, 0) is 56.9 Å². The van der Waals surface area contributed by atoms with E-state index in [1.54, 1.807) is 10.6 Å². The highest BCUT2D eigenvalue weighted by Gasteiger charge is 2.44. The van der Waals surface area contributed by atoms with Gasteiger partial charge in [0.2, 0.25) is 0 Å². The van der Waals surface area contributed by atoms with Gasteiger partial charge >= 0.3 is 5.69 Å². The second kappa shape index (κ2) is 7.73. The van der Waals surface area contributed by atoms with E-state index in [1.165, 1.54) is 15.8 Å². The number of pyridine rings is 2.